The van der Waals surface area contributed by atoms with Crippen molar-refractivity contribution in [1.82, 2.24) is 9.55 Å². The van der Waals surface area contributed by atoms with Crippen molar-refractivity contribution in [3.63, 3.8) is 0 Å². The SMILES string of the molecule is C[C@@H]1CCCc2nc(C3CC3)cn21. The second-order valence-electron chi connectivity index (χ2n) is 4.50. The number of fused-ring (bicyclic) bond motifs is 1. The Morgan fingerprint density at radius 2 is 2.23 bits per heavy atom. The zero-order valence-electron chi connectivity index (χ0n) is 8.16. The summed E-state index contributed by atoms with van der Waals surface area (Å²) in [4.78, 5) is 4.73. The standard InChI is InChI=1S/C11H16N2/c1-8-3-2-4-11-12-10(7-13(8)11)9-5-6-9/h7-9H,2-6H2,1H3/t8-/m1/s1. The molecule has 0 bridgehead atoms. The molecule has 0 unspecified atom stereocenters. The van der Waals surface area contributed by atoms with Crippen molar-refractivity contribution < 1.29 is 0 Å². The average molecular weight is 176 g/mol. The molecule has 2 nitrogen and oxygen atoms in total. The predicted octanol–water partition coefficient (Wildman–Crippen LogP) is 2.66. The first-order chi connectivity index (χ1) is 6.34. The summed E-state index contributed by atoms with van der Waals surface area (Å²) in [5.41, 5.74) is 1.36. The summed E-state index contributed by atoms with van der Waals surface area (Å²) >= 11 is 0. The molecule has 0 amide bonds. The van der Waals surface area contributed by atoms with E-state index in [9.17, 15) is 0 Å². The van der Waals surface area contributed by atoms with E-state index in [1.165, 1.54) is 43.6 Å². The molecule has 0 spiro atoms. The zero-order valence-corrected chi connectivity index (χ0v) is 8.16. The third-order valence-electron chi connectivity index (χ3n) is 3.32. The molecule has 1 saturated carbocycles. The number of aryl methyl sites for hydroxylation is 1. The van der Waals surface area contributed by atoms with Gasteiger partial charge in [-0.05, 0) is 32.6 Å². The number of hydrogen-bond donors (Lipinski definition) is 0. The zero-order chi connectivity index (χ0) is 8.84. The van der Waals surface area contributed by atoms with Gasteiger partial charge in [0, 0.05) is 24.6 Å². The van der Waals surface area contributed by atoms with Crippen LogP contribution >= 0.6 is 0 Å². The minimum absolute atomic E-state index is 0.684. The van der Waals surface area contributed by atoms with E-state index < -0.39 is 0 Å². The molecule has 1 aliphatic carbocycles. The van der Waals surface area contributed by atoms with Gasteiger partial charge in [-0.2, -0.15) is 0 Å². The van der Waals surface area contributed by atoms with Crippen LogP contribution < -0.4 is 0 Å². The third-order valence-corrected chi connectivity index (χ3v) is 3.32. The molecule has 0 saturated heterocycles. The number of aromatic nitrogens is 2. The van der Waals surface area contributed by atoms with Gasteiger partial charge in [0.25, 0.3) is 0 Å². The van der Waals surface area contributed by atoms with E-state index in [4.69, 9.17) is 4.98 Å². The van der Waals surface area contributed by atoms with Crippen LogP contribution in [0.1, 0.15) is 56.1 Å². The first kappa shape index (κ1) is 7.60. The summed E-state index contributed by atoms with van der Waals surface area (Å²) in [7, 11) is 0. The molecular weight excluding hydrogens is 160 g/mol. The fourth-order valence-electron chi connectivity index (χ4n) is 2.29. The molecule has 1 aliphatic heterocycles. The monoisotopic (exact) mass is 176 g/mol. The van der Waals surface area contributed by atoms with Crippen LogP contribution in [-0.2, 0) is 6.42 Å². The van der Waals surface area contributed by atoms with Crippen molar-refractivity contribution >= 4 is 0 Å². The van der Waals surface area contributed by atoms with Crippen LogP contribution in [-0.4, -0.2) is 9.55 Å². The van der Waals surface area contributed by atoms with Gasteiger partial charge in [-0.25, -0.2) is 4.98 Å². The Morgan fingerprint density at radius 1 is 1.38 bits per heavy atom. The van der Waals surface area contributed by atoms with Gasteiger partial charge in [0.1, 0.15) is 5.82 Å². The summed E-state index contributed by atoms with van der Waals surface area (Å²) < 4.78 is 2.40. The van der Waals surface area contributed by atoms with Gasteiger partial charge < -0.3 is 4.57 Å². The molecule has 1 fully saturated rings. The van der Waals surface area contributed by atoms with Crippen molar-refractivity contribution in [3.05, 3.63) is 17.7 Å². The van der Waals surface area contributed by atoms with Crippen LogP contribution in [0.4, 0.5) is 0 Å². The number of imidazole rings is 1. The van der Waals surface area contributed by atoms with Gasteiger partial charge in [0.05, 0.1) is 5.69 Å². The van der Waals surface area contributed by atoms with Crippen LogP contribution in [0, 0.1) is 0 Å². The topological polar surface area (TPSA) is 17.8 Å². The minimum atomic E-state index is 0.684. The maximum absolute atomic E-state index is 4.73. The second-order valence-corrected chi connectivity index (χ2v) is 4.50. The van der Waals surface area contributed by atoms with Crippen molar-refractivity contribution in [2.45, 2.75) is 51.0 Å². The van der Waals surface area contributed by atoms with Crippen molar-refractivity contribution in [2.24, 2.45) is 0 Å². The van der Waals surface area contributed by atoms with E-state index in [1.807, 2.05) is 0 Å². The van der Waals surface area contributed by atoms with E-state index in [2.05, 4.69) is 17.7 Å². The molecular formula is C11H16N2. The second kappa shape index (κ2) is 2.60. The van der Waals surface area contributed by atoms with Crippen LogP contribution in [0.15, 0.2) is 6.20 Å². The Morgan fingerprint density at radius 3 is 2.92 bits per heavy atom. The largest absolute Gasteiger partial charge is 0.332 e. The lowest BCUT2D eigenvalue weighted by Gasteiger charge is -2.20. The first-order valence-electron chi connectivity index (χ1n) is 5.42. The summed E-state index contributed by atoms with van der Waals surface area (Å²) in [6.07, 6.45) is 8.87. The molecule has 0 radical (unpaired) electrons. The fraction of sp³-hybridized carbons (Fsp3) is 0.727. The highest BCUT2D eigenvalue weighted by atomic mass is 15.1. The Balaban J connectivity index is 1.99. The predicted molar refractivity (Wildman–Crippen MR) is 51.9 cm³/mol. The highest BCUT2D eigenvalue weighted by Gasteiger charge is 2.28. The summed E-state index contributed by atoms with van der Waals surface area (Å²) in [6, 6.07) is 0.684. The molecule has 1 atom stereocenters. The Kier molecular flexibility index (Phi) is 1.52. The van der Waals surface area contributed by atoms with Gasteiger partial charge in [-0.3, -0.25) is 0 Å². The first-order valence-corrected chi connectivity index (χ1v) is 5.42. The van der Waals surface area contributed by atoms with Crippen molar-refractivity contribution in [3.8, 4) is 0 Å². The van der Waals surface area contributed by atoms with Crippen LogP contribution in [0.3, 0.4) is 0 Å². The molecule has 0 aromatic carbocycles. The summed E-state index contributed by atoms with van der Waals surface area (Å²) in [5.74, 6) is 2.14. The molecule has 0 N–H and O–H groups in total. The molecule has 2 heteroatoms. The summed E-state index contributed by atoms with van der Waals surface area (Å²) in [6.45, 7) is 2.31. The van der Waals surface area contributed by atoms with Gasteiger partial charge in [-0.1, -0.05) is 0 Å². The molecule has 13 heavy (non-hydrogen) atoms. The van der Waals surface area contributed by atoms with Crippen LogP contribution in [0.25, 0.3) is 0 Å². The molecule has 3 rings (SSSR count). The van der Waals surface area contributed by atoms with Crippen molar-refractivity contribution in [2.75, 3.05) is 0 Å². The highest BCUT2D eigenvalue weighted by molar-refractivity contribution is 5.16. The van der Waals surface area contributed by atoms with E-state index in [0.29, 0.717) is 6.04 Å². The van der Waals surface area contributed by atoms with Gasteiger partial charge >= 0.3 is 0 Å². The molecule has 70 valence electrons. The third kappa shape index (κ3) is 1.19. The maximum atomic E-state index is 4.73. The maximum Gasteiger partial charge on any atom is 0.109 e. The van der Waals surface area contributed by atoms with Gasteiger partial charge in [0.15, 0.2) is 0 Å². The van der Waals surface area contributed by atoms with E-state index in [0.717, 1.165) is 5.92 Å². The Hall–Kier alpha value is -0.790. The summed E-state index contributed by atoms with van der Waals surface area (Å²) in [5, 5.41) is 0. The van der Waals surface area contributed by atoms with E-state index in [1.54, 1.807) is 0 Å². The lowest BCUT2D eigenvalue weighted by atomic mass is 10.1. The fourth-order valence-corrected chi connectivity index (χ4v) is 2.29. The molecule has 1 aromatic rings. The number of rotatable bonds is 1. The van der Waals surface area contributed by atoms with E-state index >= 15 is 0 Å². The van der Waals surface area contributed by atoms with Crippen molar-refractivity contribution in [1.29, 1.82) is 0 Å². The quantitative estimate of drug-likeness (QED) is 0.643. The normalized spacial score (nSPS) is 27.3. The Labute approximate surface area is 79.0 Å². The smallest absolute Gasteiger partial charge is 0.109 e. The lowest BCUT2D eigenvalue weighted by Crippen LogP contribution is -2.14. The number of nitrogens with zero attached hydrogens (tertiary/aromatic N) is 2. The lowest BCUT2D eigenvalue weighted by molar-refractivity contribution is 0.425. The minimum Gasteiger partial charge on any atom is -0.332 e. The average Bonchev–Trinajstić information content (AvgIpc) is 2.87. The number of hydrogen-bond acceptors (Lipinski definition) is 1. The molecule has 2 aliphatic rings. The Bertz CT molecular complexity index is 323. The van der Waals surface area contributed by atoms with Gasteiger partial charge in [0.2, 0.25) is 0 Å². The van der Waals surface area contributed by atoms with Crippen LogP contribution in [0.5, 0.6) is 0 Å². The van der Waals surface area contributed by atoms with Crippen LogP contribution in [0.2, 0.25) is 0 Å². The molecule has 1 aromatic heterocycles. The van der Waals surface area contributed by atoms with E-state index in [-0.39, 0.29) is 0 Å². The van der Waals surface area contributed by atoms with Gasteiger partial charge in [-0.15, -0.1) is 0 Å². The highest BCUT2D eigenvalue weighted by Crippen LogP contribution is 2.40. The molecule has 2 heterocycles.